The SMILES string of the molecule is Cc1cc(NCc2cnc(-c3ccc(Oc4ccccc4F)cc3)nc2)cc(Cl)n1. The van der Waals surface area contributed by atoms with E-state index in [0.29, 0.717) is 23.3 Å². The van der Waals surface area contributed by atoms with Gasteiger partial charge in [0.15, 0.2) is 17.4 Å². The van der Waals surface area contributed by atoms with Crippen LogP contribution >= 0.6 is 11.6 Å². The van der Waals surface area contributed by atoms with Crippen LogP contribution in [0.2, 0.25) is 5.15 Å². The minimum atomic E-state index is -0.404. The molecule has 0 aliphatic carbocycles. The first-order valence-electron chi connectivity index (χ1n) is 9.28. The lowest BCUT2D eigenvalue weighted by Crippen LogP contribution is -2.02. The molecule has 0 amide bonds. The standard InChI is InChI=1S/C23H18ClFN4O/c1-15-10-18(11-22(24)29-15)26-12-16-13-27-23(28-14-16)17-6-8-19(9-7-17)30-21-5-3-2-4-20(21)25/h2-11,13-14H,12H2,1H3,(H,26,29). The van der Waals surface area contributed by atoms with E-state index in [9.17, 15) is 4.39 Å². The van der Waals surface area contributed by atoms with Gasteiger partial charge in [-0.25, -0.2) is 19.3 Å². The van der Waals surface area contributed by atoms with Crippen molar-refractivity contribution in [2.75, 3.05) is 5.32 Å². The molecule has 0 fully saturated rings. The van der Waals surface area contributed by atoms with Gasteiger partial charge in [0.1, 0.15) is 10.9 Å². The van der Waals surface area contributed by atoms with Crippen LogP contribution in [-0.4, -0.2) is 15.0 Å². The molecule has 0 saturated carbocycles. The molecule has 0 bridgehead atoms. The fourth-order valence-corrected chi connectivity index (χ4v) is 3.11. The number of anilines is 1. The van der Waals surface area contributed by atoms with Gasteiger partial charge in [0.05, 0.1) is 0 Å². The summed E-state index contributed by atoms with van der Waals surface area (Å²) in [7, 11) is 0. The average molecular weight is 421 g/mol. The van der Waals surface area contributed by atoms with Crippen LogP contribution in [0.4, 0.5) is 10.1 Å². The quantitative estimate of drug-likeness (QED) is 0.385. The van der Waals surface area contributed by atoms with E-state index in [2.05, 4.69) is 20.3 Å². The fraction of sp³-hybridized carbons (Fsp3) is 0.0870. The van der Waals surface area contributed by atoms with Crippen LogP contribution in [0.25, 0.3) is 11.4 Å². The fourth-order valence-electron chi connectivity index (χ4n) is 2.86. The third-order valence-corrected chi connectivity index (χ3v) is 4.49. The highest BCUT2D eigenvalue weighted by atomic mass is 35.5. The Kier molecular flexibility index (Phi) is 5.86. The maximum absolute atomic E-state index is 13.7. The summed E-state index contributed by atoms with van der Waals surface area (Å²) in [6.07, 6.45) is 3.55. The van der Waals surface area contributed by atoms with Gasteiger partial charge < -0.3 is 10.1 Å². The number of halogens is 2. The lowest BCUT2D eigenvalue weighted by Gasteiger charge is -2.09. The number of aromatic nitrogens is 3. The van der Waals surface area contributed by atoms with E-state index in [1.54, 1.807) is 48.8 Å². The van der Waals surface area contributed by atoms with Crippen LogP contribution in [0.3, 0.4) is 0 Å². The molecular weight excluding hydrogens is 403 g/mol. The van der Waals surface area contributed by atoms with Gasteiger partial charge in [0.2, 0.25) is 0 Å². The molecule has 7 heteroatoms. The van der Waals surface area contributed by atoms with Gasteiger partial charge in [0.25, 0.3) is 0 Å². The predicted molar refractivity (Wildman–Crippen MR) is 115 cm³/mol. The Hall–Kier alpha value is -3.51. The number of rotatable bonds is 6. The van der Waals surface area contributed by atoms with Crippen molar-refractivity contribution in [1.29, 1.82) is 0 Å². The number of aryl methyl sites for hydroxylation is 1. The molecule has 0 aliphatic heterocycles. The first-order chi connectivity index (χ1) is 14.6. The molecule has 4 aromatic rings. The number of para-hydroxylation sites is 1. The number of pyridine rings is 1. The second-order valence-corrected chi connectivity index (χ2v) is 7.03. The minimum Gasteiger partial charge on any atom is -0.454 e. The summed E-state index contributed by atoms with van der Waals surface area (Å²) < 4.78 is 19.3. The molecule has 4 rings (SSSR count). The monoisotopic (exact) mass is 420 g/mol. The largest absolute Gasteiger partial charge is 0.454 e. The summed E-state index contributed by atoms with van der Waals surface area (Å²) in [5, 5.41) is 3.74. The number of hydrogen-bond acceptors (Lipinski definition) is 5. The maximum Gasteiger partial charge on any atom is 0.165 e. The number of ether oxygens (including phenoxy) is 1. The number of nitrogens with one attached hydrogen (secondary N) is 1. The Morgan fingerprint density at radius 3 is 2.43 bits per heavy atom. The average Bonchev–Trinajstić information content (AvgIpc) is 2.74. The number of benzene rings is 2. The van der Waals surface area contributed by atoms with Crippen LogP contribution in [0.15, 0.2) is 73.1 Å². The number of nitrogens with zero attached hydrogens (tertiary/aromatic N) is 3. The van der Waals surface area contributed by atoms with Crippen molar-refractivity contribution in [2.45, 2.75) is 13.5 Å². The molecule has 2 aromatic carbocycles. The van der Waals surface area contributed by atoms with E-state index in [1.807, 2.05) is 25.1 Å². The Balaban J connectivity index is 1.40. The lowest BCUT2D eigenvalue weighted by molar-refractivity contribution is 0.442. The highest BCUT2D eigenvalue weighted by Crippen LogP contribution is 2.26. The summed E-state index contributed by atoms with van der Waals surface area (Å²) in [5.74, 6) is 0.914. The molecule has 1 N–H and O–H groups in total. The zero-order valence-corrected chi connectivity index (χ0v) is 16.9. The second-order valence-electron chi connectivity index (χ2n) is 6.65. The van der Waals surface area contributed by atoms with Crippen molar-refractivity contribution in [1.82, 2.24) is 15.0 Å². The molecule has 0 radical (unpaired) electrons. The van der Waals surface area contributed by atoms with Crippen molar-refractivity contribution in [3.63, 3.8) is 0 Å². The number of hydrogen-bond donors (Lipinski definition) is 1. The molecule has 150 valence electrons. The molecular formula is C23H18ClFN4O. The van der Waals surface area contributed by atoms with Gasteiger partial charge in [-0.1, -0.05) is 23.7 Å². The molecule has 2 heterocycles. The summed E-state index contributed by atoms with van der Waals surface area (Å²) in [6.45, 7) is 2.46. The van der Waals surface area contributed by atoms with E-state index < -0.39 is 5.82 Å². The van der Waals surface area contributed by atoms with Crippen LogP contribution in [0.1, 0.15) is 11.3 Å². The van der Waals surface area contributed by atoms with E-state index in [0.717, 1.165) is 22.5 Å². The topological polar surface area (TPSA) is 59.9 Å². The molecule has 2 aromatic heterocycles. The Labute approximate surface area is 178 Å². The van der Waals surface area contributed by atoms with E-state index in [-0.39, 0.29) is 5.75 Å². The first-order valence-corrected chi connectivity index (χ1v) is 9.66. The van der Waals surface area contributed by atoms with Crippen molar-refractivity contribution >= 4 is 17.3 Å². The molecule has 0 spiro atoms. The van der Waals surface area contributed by atoms with Gasteiger partial charge >= 0.3 is 0 Å². The molecule has 0 atom stereocenters. The van der Waals surface area contributed by atoms with E-state index in [1.165, 1.54) is 6.07 Å². The van der Waals surface area contributed by atoms with Crippen molar-refractivity contribution < 1.29 is 9.13 Å². The van der Waals surface area contributed by atoms with Crippen molar-refractivity contribution in [3.8, 4) is 22.9 Å². The first kappa shape index (κ1) is 19.8. The van der Waals surface area contributed by atoms with Gasteiger partial charge in [-0.15, -0.1) is 0 Å². The van der Waals surface area contributed by atoms with Crippen LogP contribution in [0.5, 0.6) is 11.5 Å². The smallest absolute Gasteiger partial charge is 0.165 e. The zero-order chi connectivity index (χ0) is 20.9. The molecule has 30 heavy (non-hydrogen) atoms. The third kappa shape index (κ3) is 4.90. The van der Waals surface area contributed by atoms with Gasteiger partial charge in [-0.2, -0.15) is 0 Å². The summed E-state index contributed by atoms with van der Waals surface area (Å²) in [5.41, 5.74) is 3.51. The highest BCUT2D eigenvalue weighted by molar-refractivity contribution is 6.29. The van der Waals surface area contributed by atoms with Crippen molar-refractivity contribution in [2.24, 2.45) is 0 Å². The Morgan fingerprint density at radius 1 is 1.00 bits per heavy atom. The van der Waals surface area contributed by atoms with Crippen LogP contribution < -0.4 is 10.1 Å². The summed E-state index contributed by atoms with van der Waals surface area (Å²) in [6, 6.07) is 17.2. The lowest BCUT2D eigenvalue weighted by atomic mass is 10.2. The van der Waals surface area contributed by atoms with Gasteiger partial charge in [-0.05, 0) is 55.5 Å². The maximum atomic E-state index is 13.7. The molecule has 0 aliphatic rings. The van der Waals surface area contributed by atoms with Gasteiger partial charge in [-0.3, -0.25) is 0 Å². The minimum absolute atomic E-state index is 0.184. The summed E-state index contributed by atoms with van der Waals surface area (Å²) >= 11 is 5.98. The Morgan fingerprint density at radius 2 is 1.73 bits per heavy atom. The van der Waals surface area contributed by atoms with Crippen molar-refractivity contribution in [3.05, 3.63) is 95.3 Å². The third-order valence-electron chi connectivity index (χ3n) is 4.30. The van der Waals surface area contributed by atoms with Gasteiger partial charge in [0, 0.05) is 41.4 Å². The van der Waals surface area contributed by atoms with Crippen LogP contribution in [-0.2, 0) is 6.54 Å². The highest BCUT2D eigenvalue weighted by Gasteiger charge is 2.06. The molecule has 0 saturated heterocycles. The second kappa shape index (κ2) is 8.88. The summed E-state index contributed by atoms with van der Waals surface area (Å²) in [4.78, 5) is 13.0. The predicted octanol–water partition coefficient (Wildman–Crippen LogP) is 6.04. The Bertz CT molecular complexity index is 1130. The van der Waals surface area contributed by atoms with E-state index >= 15 is 0 Å². The molecule has 5 nitrogen and oxygen atoms in total. The normalized spacial score (nSPS) is 10.6. The van der Waals surface area contributed by atoms with Crippen LogP contribution in [0, 0.1) is 12.7 Å². The van der Waals surface area contributed by atoms with E-state index in [4.69, 9.17) is 16.3 Å². The zero-order valence-electron chi connectivity index (χ0n) is 16.1. The molecule has 0 unspecified atom stereocenters.